The van der Waals surface area contributed by atoms with Crippen molar-refractivity contribution in [3.8, 4) is 0 Å². The highest BCUT2D eigenvalue weighted by molar-refractivity contribution is 5.96. The first kappa shape index (κ1) is 16.5. The molecule has 0 aliphatic heterocycles. The minimum atomic E-state index is -0.0957. The Morgan fingerprint density at radius 3 is 2.60 bits per heavy atom. The van der Waals surface area contributed by atoms with Gasteiger partial charge in [-0.05, 0) is 43.4 Å². The first-order chi connectivity index (χ1) is 9.41. The summed E-state index contributed by atoms with van der Waals surface area (Å²) in [7, 11) is 0. The Bertz CT molecular complexity index is 456. The molecule has 20 heavy (non-hydrogen) atoms. The topological polar surface area (TPSA) is 64.3 Å². The van der Waals surface area contributed by atoms with Gasteiger partial charge in [-0.2, -0.15) is 0 Å². The highest BCUT2D eigenvalue weighted by Crippen LogP contribution is 2.17. The number of anilines is 1. The maximum atomic E-state index is 12.0. The average molecular weight is 278 g/mol. The molecule has 1 aromatic rings. The Hall–Kier alpha value is -1.55. The Labute approximate surface area is 121 Å². The van der Waals surface area contributed by atoms with Gasteiger partial charge in [-0.1, -0.05) is 19.9 Å². The van der Waals surface area contributed by atoms with E-state index >= 15 is 0 Å². The molecule has 0 heterocycles. The molecule has 3 N–H and O–H groups in total. The molecule has 0 radical (unpaired) electrons. The molecule has 112 valence electrons. The molecule has 0 bridgehead atoms. The van der Waals surface area contributed by atoms with Crippen LogP contribution in [-0.2, 0) is 4.74 Å². The second-order valence-corrected chi connectivity index (χ2v) is 5.57. The van der Waals surface area contributed by atoms with Crippen molar-refractivity contribution in [3.63, 3.8) is 0 Å². The molecular formula is C16H26N2O2. The summed E-state index contributed by atoms with van der Waals surface area (Å²) in [4.78, 5) is 12.0. The molecule has 0 aliphatic rings. The summed E-state index contributed by atoms with van der Waals surface area (Å²) in [5, 5.41) is 2.86. The number of carbonyl (C=O) groups is 1. The molecule has 0 unspecified atom stereocenters. The maximum Gasteiger partial charge on any atom is 0.251 e. The molecule has 0 saturated carbocycles. The Morgan fingerprint density at radius 1 is 1.25 bits per heavy atom. The second kappa shape index (κ2) is 7.90. The highest BCUT2D eigenvalue weighted by Gasteiger charge is 2.10. The van der Waals surface area contributed by atoms with Crippen LogP contribution in [-0.4, -0.2) is 25.7 Å². The van der Waals surface area contributed by atoms with E-state index < -0.39 is 0 Å². The number of hydrogen-bond acceptors (Lipinski definition) is 3. The molecule has 1 amide bonds. The molecule has 0 atom stereocenters. The van der Waals surface area contributed by atoms with E-state index in [-0.39, 0.29) is 5.91 Å². The summed E-state index contributed by atoms with van der Waals surface area (Å²) < 4.78 is 5.46. The lowest BCUT2D eigenvalue weighted by Crippen LogP contribution is -2.28. The zero-order chi connectivity index (χ0) is 15.1. The Balaban J connectivity index is 2.38. The van der Waals surface area contributed by atoms with Crippen LogP contribution in [0.15, 0.2) is 12.1 Å². The number of benzene rings is 1. The van der Waals surface area contributed by atoms with Gasteiger partial charge >= 0.3 is 0 Å². The van der Waals surface area contributed by atoms with Gasteiger partial charge in [0.05, 0.1) is 6.61 Å². The van der Waals surface area contributed by atoms with Crippen molar-refractivity contribution in [2.24, 2.45) is 5.92 Å². The lowest BCUT2D eigenvalue weighted by Gasteiger charge is -2.11. The van der Waals surface area contributed by atoms with Gasteiger partial charge in [0.15, 0.2) is 0 Å². The fourth-order valence-electron chi connectivity index (χ4n) is 1.87. The molecule has 0 spiro atoms. The number of hydrogen-bond donors (Lipinski definition) is 2. The average Bonchev–Trinajstić information content (AvgIpc) is 2.37. The van der Waals surface area contributed by atoms with Gasteiger partial charge < -0.3 is 15.8 Å². The number of nitrogen functional groups attached to an aromatic ring is 1. The number of nitrogens with one attached hydrogen (secondary N) is 1. The van der Waals surface area contributed by atoms with Crippen LogP contribution in [0.5, 0.6) is 0 Å². The standard InChI is InChI=1S/C16H26N2O2/c1-11(2)5-7-20-8-6-18-16(19)14-10-15(17)13(4)9-12(14)3/h9-11H,5-8,17H2,1-4H3,(H,18,19). The van der Waals surface area contributed by atoms with Gasteiger partial charge in [-0.15, -0.1) is 0 Å². The van der Waals surface area contributed by atoms with E-state index in [0.717, 1.165) is 24.2 Å². The van der Waals surface area contributed by atoms with Crippen LogP contribution in [0.1, 0.15) is 41.8 Å². The van der Waals surface area contributed by atoms with Crippen molar-refractivity contribution in [1.29, 1.82) is 0 Å². The predicted molar refractivity (Wildman–Crippen MR) is 82.9 cm³/mol. The zero-order valence-electron chi connectivity index (χ0n) is 13.0. The van der Waals surface area contributed by atoms with Crippen LogP contribution in [0, 0.1) is 19.8 Å². The van der Waals surface area contributed by atoms with Gasteiger partial charge in [-0.3, -0.25) is 4.79 Å². The monoisotopic (exact) mass is 278 g/mol. The third kappa shape index (κ3) is 5.21. The second-order valence-electron chi connectivity index (χ2n) is 5.57. The summed E-state index contributed by atoms with van der Waals surface area (Å²) in [6, 6.07) is 3.67. The summed E-state index contributed by atoms with van der Waals surface area (Å²) in [5.41, 5.74) is 9.06. The number of ether oxygens (including phenoxy) is 1. The van der Waals surface area contributed by atoms with E-state index in [4.69, 9.17) is 10.5 Å². The van der Waals surface area contributed by atoms with Crippen LogP contribution in [0.25, 0.3) is 0 Å². The molecule has 4 nitrogen and oxygen atoms in total. The number of aryl methyl sites for hydroxylation is 2. The van der Waals surface area contributed by atoms with E-state index in [2.05, 4.69) is 19.2 Å². The van der Waals surface area contributed by atoms with Gasteiger partial charge in [0.2, 0.25) is 0 Å². The third-order valence-corrected chi connectivity index (χ3v) is 3.23. The number of rotatable bonds is 7. The Kier molecular flexibility index (Phi) is 6.52. The van der Waals surface area contributed by atoms with E-state index in [9.17, 15) is 4.79 Å². The van der Waals surface area contributed by atoms with Crippen LogP contribution >= 0.6 is 0 Å². The van der Waals surface area contributed by atoms with E-state index in [0.29, 0.717) is 30.3 Å². The van der Waals surface area contributed by atoms with Crippen molar-refractivity contribution in [2.45, 2.75) is 34.1 Å². The predicted octanol–water partition coefficient (Wildman–Crippen LogP) is 2.68. The van der Waals surface area contributed by atoms with Gasteiger partial charge in [0.1, 0.15) is 0 Å². The van der Waals surface area contributed by atoms with E-state index in [1.165, 1.54) is 0 Å². The smallest absolute Gasteiger partial charge is 0.251 e. The van der Waals surface area contributed by atoms with Gasteiger partial charge in [-0.25, -0.2) is 0 Å². The van der Waals surface area contributed by atoms with Gasteiger partial charge in [0, 0.05) is 24.4 Å². The zero-order valence-corrected chi connectivity index (χ0v) is 13.0. The SMILES string of the molecule is Cc1cc(C)c(C(=O)NCCOCCC(C)C)cc1N. The molecule has 0 fully saturated rings. The number of nitrogens with two attached hydrogens (primary N) is 1. The molecule has 0 aromatic heterocycles. The summed E-state index contributed by atoms with van der Waals surface area (Å²) >= 11 is 0. The molecule has 0 saturated heterocycles. The third-order valence-electron chi connectivity index (χ3n) is 3.23. The normalized spacial score (nSPS) is 10.8. The lowest BCUT2D eigenvalue weighted by molar-refractivity contribution is 0.0905. The van der Waals surface area contributed by atoms with E-state index in [1.54, 1.807) is 6.07 Å². The molecule has 1 aromatic carbocycles. The minimum Gasteiger partial charge on any atom is -0.398 e. The number of carbonyl (C=O) groups excluding carboxylic acids is 1. The molecule has 4 heteroatoms. The summed E-state index contributed by atoms with van der Waals surface area (Å²) in [6.07, 6.45) is 1.04. The highest BCUT2D eigenvalue weighted by atomic mass is 16.5. The Morgan fingerprint density at radius 2 is 1.95 bits per heavy atom. The van der Waals surface area contributed by atoms with Crippen molar-refractivity contribution < 1.29 is 9.53 Å². The lowest BCUT2D eigenvalue weighted by atomic mass is 10.0. The number of amides is 1. The molecule has 0 aliphatic carbocycles. The summed E-state index contributed by atoms with van der Waals surface area (Å²) in [6.45, 7) is 9.98. The fourth-order valence-corrected chi connectivity index (χ4v) is 1.87. The van der Waals surface area contributed by atoms with Crippen LogP contribution in [0.3, 0.4) is 0 Å². The largest absolute Gasteiger partial charge is 0.398 e. The van der Waals surface area contributed by atoms with Gasteiger partial charge in [0.25, 0.3) is 5.91 Å². The van der Waals surface area contributed by atoms with E-state index in [1.807, 2.05) is 19.9 Å². The van der Waals surface area contributed by atoms with Crippen LogP contribution in [0.2, 0.25) is 0 Å². The first-order valence-corrected chi connectivity index (χ1v) is 7.14. The quantitative estimate of drug-likeness (QED) is 0.595. The molecule has 1 rings (SSSR count). The van der Waals surface area contributed by atoms with Crippen molar-refractivity contribution in [3.05, 3.63) is 28.8 Å². The maximum absolute atomic E-state index is 12.0. The van der Waals surface area contributed by atoms with Crippen molar-refractivity contribution >= 4 is 11.6 Å². The summed E-state index contributed by atoms with van der Waals surface area (Å²) in [5.74, 6) is 0.546. The van der Waals surface area contributed by atoms with Crippen LogP contribution < -0.4 is 11.1 Å². The fraction of sp³-hybridized carbons (Fsp3) is 0.562. The minimum absolute atomic E-state index is 0.0957. The van der Waals surface area contributed by atoms with Crippen LogP contribution in [0.4, 0.5) is 5.69 Å². The molecular weight excluding hydrogens is 252 g/mol. The van der Waals surface area contributed by atoms with Crippen molar-refractivity contribution in [1.82, 2.24) is 5.32 Å². The van der Waals surface area contributed by atoms with Crippen molar-refractivity contribution in [2.75, 3.05) is 25.5 Å². The first-order valence-electron chi connectivity index (χ1n) is 7.14.